The van der Waals surface area contributed by atoms with Crippen molar-refractivity contribution in [1.29, 1.82) is 0 Å². The number of aliphatic hydroxyl groups is 1. The van der Waals surface area contributed by atoms with E-state index < -0.39 is 11.3 Å². The van der Waals surface area contributed by atoms with E-state index in [1.807, 2.05) is 20.8 Å². The first-order valence-corrected chi connectivity index (χ1v) is 14.3. The third-order valence-electron chi connectivity index (χ3n) is 5.75. The van der Waals surface area contributed by atoms with Crippen LogP contribution in [0.3, 0.4) is 0 Å². The van der Waals surface area contributed by atoms with E-state index >= 15 is 0 Å². The molecule has 1 heterocycles. The molecule has 0 bridgehead atoms. The molecule has 0 aromatic heterocycles. The van der Waals surface area contributed by atoms with Gasteiger partial charge in [-0.1, -0.05) is 94.9 Å². The molecule has 0 aliphatic carbocycles. The summed E-state index contributed by atoms with van der Waals surface area (Å²) >= 11 is 0. The predicted molar refractivity (Wildman–Crippen MR) is 162 cm³/mol. The zero-order chi connectivity index (χ0) is 29.1. The minimum atomic E-state index is -2.95. The Morgan fingerprint density at radius 3 is 2.13 bits per heavy atom. The Morgan fingerprint density at radius 1 is 1.13 bits per heavy atom. The van der Waals surface area contributed by atoms with Crippen molar-refractivity contribution in [1.82, 2.24) is 0 Å². The van der Waals surface area contributed by atoms with Crippen molar-refractivity contribution in [2.24, 2.45) is 21.6 Å². The second-order valence-electron chi connectivity index (χ2n) is 9.66. The van der Waals surface area contributed by atoms with Crippen molar-refractivity contribution >= 4 is 20.7 Å². The van der Waals surface area contributed by atoms with Crippen LogP contribution in [0.15, 0.2) is 40.1 Å². The molecule has 38 heavy (non-hydrogen) atoms. The number of benzene rings is 1. The van der Waals surface area contributed by atoms with E-state index in [-0.39, 0.29) is 36.7 Å². The summed E-state index contributed by atoms with van der Waals surface area (Å²) in [6, 6.07) is 7.00. The predicted octanol–water partition coefficient (Wildman–Crippen LogP) is 8.67. The number of unbranched alkanes of at least 4 members (excludes halogenated alkanes) is 3. The van der Waals surface area contributed by atoms with Crippen LogP contribution >= 0.6 is 9.24 Å². The van der Waals surface area contributed by atoms with Crippen molar-refractivity contribution in [3.63, 3.8) is 0 Å². The van der Waals surface area contributed by atoms with Gasteiger partial charge in [0.15, 0.2) is 0 Å². The third kappa shape index (κ3) is 21.3. The van der Waals surface area contributed by atoms with Gasteiger partial charge < -0.3 is 15.8 Å². The zero-order valence-corrected chi connectivity index (χ0v) is 30.6. The summed E-state index contributed by atoms with van der Waals surface area (Å²) in [6.45, 7) is 18.6. The van der Waals surface area contributed by atoms with E-state index in [0.717, 1.165) is 12.3 Å². The van der Waals surface area contributed by atoms with Crippen LogP contribution < -0.4 is 5.73 Å². The molecule has 2 atom stereocenters. The molecule has 4 nitrogen and oxygen atoms in total. The first-order valence-electron chi connectivity index (χ1n) is 13.7. The zero-order valence-electron chi connectivity index (χ0n) is 25.3. The van der Waals surface area contributed by atoms with Gasteiger partial charge in [0.2, 0.25) is 0 Å². The van der Waals surface area contributed by atoms with E-state index in [1.54, 1.807) is 32.9 Å². The van der Waals surface area contributed by atoms with Crippen LogP contribution in [0, 0.1) is 43.1 Å². The fourth-order valence-electron chi connectivity index (χ4n) is 2.82. The number of alkyl halides is 2. The van der Waals surface area contributed by atoms with Gasteiger partial charge >= 0.3 is 0 Å². The molecule has 0 radical (unpaired) electrons. The maximum absolute atomic E-state index is 13.1. The summed E-state index contributed by atoms with van der Waals surface area (Å²) in [5.41, 5.74) is 4.01. The normalized spacial score (nSPS) is 13.8. The molecule has 0 fully saturated rings. The fourth-order valence-corrected chi connectivity index (χ4v) is 3.00. The minimum absolute atomic E-state index is 0. The van der Waals surface area contributed by atoms with Crippen molar-refractivity contribution in [2.45, 2.75) is 119 Å². The Balaban J connectivity index is -0.000000545. The average molecular weight is 779 g/mol. The Bertz CT molecular complexity index is 814. The Morgan fingerprint density at radius 2 is 1.71 bits per heavy atom. The fraction of sp³-hybridized carbons (Fsp3) is 0.667. The summed E-state index contributed by atoms with van der Waals surface area (Å²) in [4.78, 5) is 8.48. The van der Waals surface area contributed by atoms with Gasteiger partial charge in [-0.2, -0.15) is 0 Å². The van der Waals surface area contributed by atoms with Crippen LogP contribution in [-0.4, -0.2) is 28.7 Å². The van der Waals surface area contributed by atoms with E-state index in [1.165, 1.54) is 59.9 Å². The van der Waals surface area contributed by atoms with Crippen LogP contribution in [0.4, 0.5) is 8.78 Å². The monoisotopic (exact) mass is 778 g/mol. The molecule has 8 heteroatoms. The number of rotatable bonds is 9. The molecule has 3 N–H and O–H groups in total. The van der Waals surface area contributed by atoms with Gasteiger partial charge in [0.1, 0.15) is 5.82 Å². The number of halogens is 2. The molecule has 1 aliphatic heterocycles. The molecule has 0 saturated carbocycles. The molecule has 2 rings (SSSR count). The van der Waals surface area contributed by atoms with Gasteiger partial charge in [-0.15, -0.1) is 29.8 Å². The van der Waals surface area contributed by atoms with Gasteiger partial charge in [-0.05, 0) is 39.2 Å². The van der Waals surface area contributed by atoms with E-state index in [0.29, 0.717) is 29.4 Å². The second kappa shape index (κ2) is 23.1. The summed E-state index contributed by atoms with van der Waals surface area (Å²) < 4.78 is 26.2. The second-order valence-corrected chi connectivity index (χ2v) is 10.4. The third-order valence-corrected chi connectivity index (χ3v) is 6.09. The molecule has 2 unspecified atom stereocenters. The van der Waals surface area contributed by atoms with Gasteiger partial charge in [-0.3, -0.25) is 0 Å². The van der Waals surface area contributed by atoms with Crippen LogP contribution in [0.25, 0.3) is 0 Å². The number of nitrogens with zero attached hydrogens (tertiary/aromatic N) is 2. The molecule has 0 spiro atoms. The largest absolute Gasteiger partial charge is 0.390 e. The summed E-state index contributed by atoms with van der Waals surface area (Å²) in [7, 11) is 1.50. The first-order chi connectivity index (χ1) is 17.2. The summed E-state index contributed by atoms with van der Waals surface area (Å²) in [5, 5.41) is 8.83. The Hall–Kier alpha value is -0.598. The Kier molecular flexibility index (Phi) is 25.5. The number of aliphatic imine (C=N–C) groups is 2. The van der Waals surface area contributed by atoms with E-state index in [9.17, 15) is 8.78 Å². The van der Waals surface area contributed by atoms with Crippen LogP contribution in [-0.2, 0) is 5.66 Å². The van der Waals surface area contributed by atoms with Gasteiger partial charge in [0.05, 0.1) is 12.1 Å². The number of hydrogen-bond acceptors (Lipinski definition) is 4. The minimum Gasteiger partial charge on any atom is -0.390 e. The van der Waals surface area contributed by atoms with Crippen LogP contribution in [0.2, 0.25) is 0 Å². The standard InChI is InChI=1S/C13H13F2N3P.C10H22.C5H12O.C2H6.U/c1-8-12(17-7-6-11(16)18-8)9-2-4-10(5-3-9)13(14,15)19;1-4-6-7-8-9-10(3)5-2;1-4-5(2,3)6;1-2;/h2,4-6H,7,16,19H2,1H3;10H,4-9H2,1-3H3;6H,4H2,1-3H3;1-2H3;/q-1;;;;. The van der Waals surface area contributed by atoms with Crippen LogP contribution in [0.1, 0.15) is 118 Å². The van der Waals surface area contributed by atoms with E-state index in [2.05, 4.69) is 36.8 Å². The SMILES string of the molecule is CC.CC1=NC(N)=CCN=C1c1[c-]cc(C(F)(F)P)cc1.CCC(C)(C)O.CCCCCCC(C)CC.[U]. The maximum Gasteiger partial charge on any atom is 0.253 e. The molecular formula is C30H53F2N3OPU-. The smallest absolute Gasteiger partial charge is 0.253 e. The van der Waals surface area contributed by atoms with E-state index in [4.69, 9.17) is 10.8 Å². The topological polar surface area (TPSA) is 71.0 Å². The molecule has 1 aliphatic rings. The summed E-state index contributed by atoms with van der Waals surface area (Å²) in [5.74, 6) is 1.36. The van der Waals surface area contributed by atoms with Gasteiger partial charge in [0, 0.05) is 42.5 Å². The molecule has 0 saturated heterocycles. The molecule has 218 valence electrons. The molecule has 0 amide bonds. The molecule has 1 aromatic carbocycles. The van der Waals surface area contributed by atoms with Crippen molar-refractivity contribution in [2.75, 3.05) is 6.54 Å². The molecular weight excluding hydrogens is 725 g/mol. The average Bonchev–Trinajstić information content (AvgIpc) is 3.02. The van der Waals surface area contributed by atoms with Crippen molar-refractivity contribution in [3.8, 4) is 0 Å². The number of hydrogen-bond donors (Lipinski definition) is 2. The number of nitrogens with two attached hydrogens (primary N) is 1. The molecule has 1 aromatic rings. The van der Waals surface area contributed by atoms with Crippen molar-refractivity contribution < 1.29 is 45.0 Å². The van der Waals surface area contributed by atoms with Crippen molar-refractivity contribution in [3.05, 3.63) is 47.3 Å². The Labute approximate surface area is 258 Å². The quantitative estimate of drug-likeness (QED) is 0.150. The maximum atomic E-state index is 13.1. The van der Waals surface area contributed by atoms with Gasteiger partial charge in [0.25, 0.3) is 5.66 Å². The van der Waals surface area contributed by atoms with Crippen LogP contribution in [0.5, 0.6) is 0 Å². The summed E-state index contributed by atoms with van der Waals surface area (Å²) in [6.07, 6.45) is 11.0. The first kappa shape index (κ1) is 41.9. The van der Waals surface area contributed by atoms with Gasteiger partial charge in [-0.25, -0.2) is 13.8 Å².